The molecule has 0 saturated carbocycles. The van der Waals surface area contributed by atoms with Crippen molar-refractivity contribution in [3.05, 3.63) is 76.8 Å². The Morgan fingerprint density at radius 3 is 2.85 bits per heavy atom. The van der Waals surface area contributed by atoms with Crippen molar-refractivity contribution in [3.8, 4) is 0 Å². The Morgan fingerprint density at radius 1 is 1.27 bits per heavy atom. The summed E-state index contributed by atoms with van der Waals surface area (Å²) in [5, 5.41) is 0.483. The Hall–Kier alpha value is -0.910. The molecule has 0 spiro atoms. The minimum Gasteiger partial charge on any atom is -0.342 e. The zero-order chi connectivity index (χ0) is 18.4. The van der Waals surface area contributed by atoms with E-state index in [0.717, 1.165) is 29.3 Å². The number of alkyl halides is 1. The van der Waals surface area contributed by atoms with Crippen LogP contribution in [0.4, 0.5) is 0 Å². The Morgan fingerprint density at radius 2 is 2.12 bits per heavy atom. The van der Waals surface area contributed by atoms with Crippen LogP contribution < -0.4 is 0 Å². The van der Waals surface area contributed by atoms with Crippen LogP contribution in [0, 0.1) is 5.92 Å². The average Bonchev–Trinajstić information content (AvgIpc) is 3.13. The molecule has 0 bridgehead atoms. The molecule has 0 N–H and O–H groups in total. The molecule has 138 valence electrons. The fraction of sp³-hybridized carbons (Fsp3) is 0.316. The van der Waals surface area contributed by atoms with Crippen LogP contribution in [-0.2, 0) is 17.0 Å². The third-order valence-electron chi connectivity index (χ3n) is 4.08. The maximum atomic E-state index is 6.52. The van der Waals surface area contributed by atoms with Crippen LogP contribution in [0.3, 0.4) is 0 Å². The largest absolute Gasteiger partial charge is 0.342 e. The Kier molecular flexibility index (Phi) is 7.12. The van der Waals surface area contributed by atoms with Crippen LogP contribution >= 0.6 is 46.6 Å². The van der Waals surface area contributed by atoms with Gasteiger partial charge in [-0.25, -0.2) is 4.98 Å². The highest BCUT2D eigenvalue weighted by Gasteiger charge is 2.28. The van der Waals surface area contributed by atoms with Gasteiger partial charge in [0.25, 0.3) is 0 Å². The summed E-state index contributed by atoms with van der Waals surface area (Å²) in [6, 6.07) is 7.79. The number of imidazole rings is 1. The predicted octanol–water partition coefficient (Wildman–Crippen LogP) is 6.08. The van der Waals surface area contributed by atoms with Gasteiger partial charge in [0, 0.05) is 40.7 Å². The summed E-state index contributed by atoms with van der Waals surface area (Å²) in [6.45, 7) is 0.850. The molecule has 1 heterocycles. The van der Waals surface area contributed by atoms with Gasteiger partial charge in [-0.1, -0.05) is 59.1 Å². The molecule has 1 aliphatic rings. The van der Waals surface area contributed by atoms with Crippen molar-refractivity contribution < 1.29 is 4.74 Å². The van der Waals surface area contributed by atoms with Gasteiger partial charge < -0.3 is 9.30 Å². The highest BCUT2D eigenvalue weighted by Crippen LogP contribution is 2.35. The summed E-state index contributed by atoms with van der Waals surface area (Å²) in [7, 11) is 0. The molecule has 0 saturated heterocycles. The number of ether oxygens (including phenoxy) is 1. The SMILES string of the molecule is ClC1=CC(Cl)(OCSCc2ccccc2Cl)C=CC1CCn1ccnc1. The predicted molar refractivity (Wildman–Crippen MR) is 111 cm³/mol. The summed E-state index contributed by atoms with van der Waals surface area (Å²) in [4.78, 5) is 4.04. The minimum absolute atomic E-state index is 0.144. The maximum Gasteiger partial charge on any atom is 0.181 e. The molecule has 1 aromatic heterocycles. The van der Waals surface area contributed by atoms with Gasteiger partial charge in [-0.2, -0.15) is 0 Å². The van der Waals surface area contributed by atoms with E-state index in [-0.39, 0.29) is 5.92 Å². The number of nitrogens with zero attached hydrogens (tertiary/aromatic N) is 2. The van der Waals surface area contributed by atoms with E-state index in [1.54, 1.807) is 30.4 Å². The number of aryl methyl sites for hydroxylation is 1. The maximum absolute atomic E-state index is 6.52. The lowest BCUT2D eigenvalue weighted by Crippen LogP contribution is -2.24. The Balaban J connectivity index is 1.46. The van der Waals surface area contributed by atoms with Gasteiger partial charge in [0.15, 0.2) is 5.06 Å². The molecule has 0 aliphatic heterocycles. The van der Waals surface area contributed by atoms with Crippen molar-refractivity contribution in [1.82, 2.24) is 9.55 Å². The molecule has 2 atom stereocenters. The number of hydrogen-bond acceptors (Lipinski definition) is 3. The van der Waals surface area contributed by atoms with E-state index in [1.807, 2.05) is 47.2 Å². The lowest BCUT2D eigenvalue weighted by Gasteiger charge is -2.27. The van der Waals surface area contributed by atoms with Crippen LogP contribution in [0.2, 0.25) is 5.02 Å². The van der Waals surface area contributed by atoms with E-state index in [0.29, 0.717) is 11.0 Å². The standard InChI is InChI=1S/C19H19Cl3N2OS/c20-17-4-2-1-3-16(17)12-26-14-25-19(22)7-5-15(18(21)11-19)6-9-24-10-8-23-13-24/h1-5,7-8,10-11,13,15H,6,9,12,14H2. The summed E-state index contributed by atoms with van der Waals surface area (Å²) < 4.78 is 7.85. The van der Waals surface area contributed by atoms with E-state index in [9.17, 15) is 0 Å². The van der Waals surface area contributed by atoms with Crippen LogP contribution in [0.25, 0.3) is 0 Å². The number of allylic oxidation sites excluding steroid dienone is 2. The molecule has 1 aromatic carbocycles. The number of aromatic nitrogens is 2. The van der Waals surface area contributed by atoms with Gasteiger partial charge in [-0.3, -0.25) is 0 Å². The second-order valence-corrected chi connectivity index (χ2v) is 8.35. The van der Waals surface area contributed by atoms with Crippen molar-refractivity contribution in [1.29, 1.82) is 0 Å². The van der Waals surface area contributed by atoms with Crippen molar-refractivity contribution in [3.63, 3.8) is 0 Å². The number of benzene rings is 1. The zero-order valence-corrected chi connectivity index (χ0v) is 17.1. The van der Waals surface area contributed by atoms with Crippen molar-refractivity contribution >= 4 is 46.6 Å². The van der Waals surface area contributed by atoms with Gasteiger partial charge in [0.1, 0.15) is 0 Å². The molecular formula is C19H19Cl3N2OS. The minimum atomic E-state index is -0.990. The molecule has 0 fully saturated rings. The van der Waals surface area contributed by atoms with E-state index < -0.39 is 5.06 Å². The first kappa shape index (κ1) is 19.8. The highest BCUT2D eigenvalue weighted by atomic mass is 35.5. The van der Waals surface area contributed by atoms with Gasteiger partial charge >= 0.3 is 0 Å². The van der Waals surface area contributed by atoms with Gasteiger partial charge in [-0.05, 0) is 30.2 Å². The topological polar surface area (TPSA) is 27.1 Å². The highest BCUT2D eigenvalue weighted by molar-refractivity contribution is 7.98. The quantitative estimate of drug-likeness (QED) is 0.220. The fourth-order valence-corrected chi connectivity index (χ4v) is 4.44. The molecule has 7 heteroatoms. The zero-order valence-electron chi connectivity index (χ0n) is 14.0. The summed E-state index contributed by atoms with van der Waals surface area (Å²) in [6.07, 6.45) is 12.1. The second kappa shape index (κ2) is 9.34. The lowest BCUT2D eigenvalue weighted by molar-refractivity contribution is 0.127. The Labute approximate surface area is 173 Å². The normalized spacial score (nSPS) is 22.4. The molecule has 2 unspecified atom stereocenters. The third-order valence-corrected chi connectivity index (χ3v) is 5.98. The first-order valence-electron chi connectivity index (χ1n) is 8.23. The lowest BCUT2D eigenvalue weighted by atomic mass is 9.98. The van der Waals surface area contributed by atoms with E-state index in [4.69, 9.17) is 39.5 Å². The molecular weight excluding hydrogens is 411 g/mol. The molecule has 3 nitrogen and oxygen atoms in total. The van der Waals surface area contributed by atoms with Crippen LogP contribution in [0.5, 0.6) is 0 Å². The first-order valence-corrected chi connectivity index (χ1v) is 10.5. The number of thioether (sulfide) groups is 1. The molecule has 26 heavy (non-hydrogen) atoms. The van der Waals surface area contributed by atoms with Gasteiger partial charge in [0.2, 0.25) is 0 Å². The van der Waals surface area contributed by atoms with Crippen LogP contribution in [0.15, 0.2) is 66.2 Å². The van der Waals surface area contributed by atoms with E-state index in [2.05, 4.69) is 4.98 Å². The van der Waals surface area contributed by atoms with Crippen LogP contribution in [0.1, 0.15) is 12.0 Å². The third kappa shape index (κ3) is 5.54. The van der Waals surface area contributed by atoms with Crippen molar-refractivity contribution in [2.24, 2.45) is 5.92 Å². The average molecular weight is 430 g/mol. The summed E-state index contributed by atoms with van der Waals surface area (Å²) in [5.74, 6) is 1.35. The monoisotopic (exact) mass is 428 g/mol. The summed E-state index contributed by atoms with van der Waals surface area (Å²) >= 11 is 20.7. The van der Waals surface area contributed by atoms with Gasteiger partial charge in [0.05, 0.1) is 12.3 Å². The molecule has 2 aromatic rings. The molecule has 1 aliphatic carbocycles. The van der Waals surface area contributed by atoms with Crippen LogP contribution in [-0.4, -0.2) is 20.6 Å². The molecule has 3 rings (SSSR count). The summed E-state index contributed by atoms with van der Waals surface area (Å²) in [5.41, 5.74) is 1.08. The number of rotatable bonds is 8. The van der Waals surface area contributed by atoms with E-state index >= 15 is 0 Å². The fourth-order valence-electron chi connectivity index (χ4n) is 2.61. The molecule has 0 radical (unpaired) electrons. The van der Waals surface area contributed by atoms with Crippen molar-refractivity contribution in [2.75, 3.05) is 5.94 Å². The number of hydrogen-bond donors (Lipinski definition) is 0. The first-order chi connectivity index (χ1) is 12.6. The Bertz CT molecular complexity index is 779. The molecule has 0 amide bonds. The second-order valence-electron chi connectivity index (χ2n) is 5.98. The van der Waals surface area contributed by atoms with E-state index in [1.165, 1.54) is 0 Å². The van der Waals surface area contributed by atoms with Gasteiger partial charge in [-0.15, -0.1) is 11.8 Å². The smallest absolute Gasteiger partial charge is 0.181 e. The van der Waals surface area contributed by atoms with Crippen molar-refractivity contribution in [2.45, 2.75) is 23.8 Å². The number of halogens is 3.